The molecule has 2 aromatic carbocycles. The van der Waals surface area contributed by atoms with Crippen LogP contribution in [0.3, 0.4) is 0 Å². The normalized spacial score (nSPS) is 11.1. The third-order valence-electron chi connectivity index (χ3n) is 5.19. The highest BCUT2D eigenvalue weighted by atomic mass is 35.5. The van der Waals surface area contributed by atoms with Gasteiger partial charge >= 0.3 is 5.97 Å². The number of ether oxygens (including phenoxy) is 1. The summed E-state index contributed by atoms with van der Waals surface area (Å²) in [5, 5.41) is 12.9. The molecule has 6 nitrogen and oxygen atoms in total. The van der Waals surface area contributed by atoms with Gasteiger partial charge in [0.15, 0.2) is 0 Å². The van der Waals surface area contributed by atoms with Gasteiger partial charge in [-0.3, -0.25) is 4.79 Å². The van der Waals surface area contributed by atoms with E-state index < -0.39 is 5.91 Å². The van der Waals surface area contributed by atoms with Crippen molar-refractivity contribution in [3.05, 3.63) is 87.2 Å². The molecule has 1 amide bonds. The van der Waals surface area contributed by atoms with Crippen molar-refractivity contribution < 1.29 is 14.3 Å². The van der Waals surface area contributed by atoms with E-state index in [2.05, 4.69) is 5.32 Å². The average Bonchev–Trinajstić information content (AvgIpc) is 3.07. The van der Waals surface area contributed by atoms with Gasteiger partial charge in [-0.15, -0.1) is 0 Å². The first-order valence-corrected chi connectivity index (χ1v) is 10.8. The van der Waals surface area contributed by atoms with Gasteiger partial charge in [0.05, 0.1) is 12.2 Å². The van der Waals surface area contributed by atoms with Crippen molar-refractivity contribution in [1.29, 1.82) is 5.26 Å². The standard InChI is InChI=1S/C26H24ClN3O3/c1-5-33-26(32)19-6-9-23(10-7-19)30-17(3)13-20(18(30)4)14-21(15-28)25(31)29-22-8-11-24(27)16(2)12-22/h6-14H,5H2,1-4H3,(H,29,31). The number of aryl methyl sites for hydroxylation is 2. The molecule has 7 heteroatoms. The number of aromatic nitrogens is 1. The van der Waals surface area contributed by atoms with Crippen molar-refractivity contribution >= 4 is 35.2 Å². The molecule has 0 unspecified atom stereocenters. The summed E-state index contributed by atoms with van der Waals surface area (Å²) in [5.74, 6) is -0.864. The van der Waals surface area contributed by atoms with Crippen LogP contribution in [0.25, 0.3) is 11.8 Å². The number of nitrogens with one attached hydrogen (secondary N) is 1. The van der Waals surface area contributed by atoms with Gasteiger partial charge in [0, 0.05) is 27.8 Å². The van der Waals surface area contributed by atoms with E-state index in [1.165, 1.54) is 0 Å². The van der Waals surface area contributed by atoms with Gasteiger partial charge in [0.25, 0.3) is 5.91 Å². The Morgan fingerprint density at radius 3 is 2.42 bits per heavy atom. The Labute approximate surface area is 198 Å². The Hall–Kier alpha value is -3.82. The Kier molecular flexibility index (Phi) is 7.37. The lowest BCUT2D eigenvalue weighted by molar-refractivity contribution is -0.112. The summed E-state index contributed by atoms with van der Waals surface area (Å²) in [6.45, 7) is 7.77. The molecule has 33 heavy (non-hydrogen) atoms. The van der Waals surface area contributed by atoms with Crippen LogP contribution >= 0.6 is 11.6 Å². The number of halogens is 1. The molecule has 0 atom stereocenters. The molecule has 1 heterocycles. The van der Waals surface area contributed by atoms with Crippen LogP contribution in [0, 0.1) is 32.1 Å². The summed E-state index contributed by atoms with van der Waals surface area (Å²) >= 11 is 6.04. The van der Waals surface area contributed by atoms with E-state index in [9.17, 15) is 14.9 Å². The molecule has 3 rings (SSSR count). The summed E-state index contributed by atoms with van der Waals surface area (Å²) in [7, 11) is 0. The van der Waals surface area contributed by atoms with E-state index in [4.69, 9.17) is 16.3 Å². The third kappa shape index (κ3) is 5.33. The highest BCUT2D eigenvalue weighted by molar-refractivity contribution is 6.31. The van der Waals surface area contributed by atoms with E-state index in [0.717, 1.165) is 28.2 Å². The van der Waals surface area contributed by atoms with Crippen molar-refractivity contribution in [3.63, 3.8) is 0 Å². The van der Waals surface area contributed by atoms with E-state index in [-0.39, 0.29) is 11.5 Å². The summed E-state index contributed by atoms with van der Waals surface area (Å²) in [6, 6.07) is 16.1. The number of hydrogen-bond donors (Lipinski definition) is 1. The minimum absolute atomic E-state index is 0.0134. The van der Waals surface area contributed by atoms with Crippen molar-refractivity contribution in [1.82, 2.24) is 4.57 Å². The molecule has 0 fully saturated rings. The molecule has 0 radical (unpaired) electrons. The molecule has 0 aliphatic rings. The molecule has 1 N–H and O–H groups in total. The molecular formula is C26H24ClN3O3. The summed E-state index contributed by atoms with van der Waals surface area (Å²) in [5.41, 5.74) is 5.25. The second kappa shape index (κ2) is 10.2. The van der Waals surface area contributed by atoms with Crippen LogP contribution in [0.2, 0.25) is 5.02 Å². The average molecular weight is 462 g/mol. The molecule has 0 saturated carbocycles. The number of anilines is 1. The van der Waals surface area contributed by atoms with Gasteiger partial charge in [0.1, 0.15) is 11.6 Å². The van der Waals surface area contributed by atoms with Crippen molar-refractivity contribution in [2.24, 2.45) is 0 Å². The molecule has 0 spiro atoms. The van der Waals surface area contributed by atoms with E-state index in [0.29, 0.717) is 22.9 Å². The summed E-state index contributed by atoms with van der Waals surface area (Å²) in [6.07, 6.45) is 1.57. The molecule has 3 aromatic rings. The van der Waals surface area contributed by atoms with Crippen LogP contribution in [0.15, 0.2) is 54.1 Å². The van der Waals surface area contributed by atoms with Gasteiger partial charge in [-0.25, -0.2) is 4.79 Å². The van der Waals surface area contributed by atoms with Crippen molar-refractivity contribution in [2.75, 3.05) is 11.9 Å². The number of carbonyl (C=O) groups is 2. The van der Waals surface area contributed by atoms with E-state index in [1.807, 2.05) is 49.6 Å². The van der Waals surface area contributed by atoms with Gasteiger partial charge in [-0.1, -0.05) is 11.6 Å². The maximum atomic E-state index is 12.7. The minimum Gasteiger partial charge on any atom is -0.462 e. The lowest BCUT2D eigenvalue weighted by Crippen LogP contribution is -2.13. The van der Waals surface area contributed by atoms with Crippen LogP contribution < -0.4 is 5.32 Å². The minimum atomic E-state index is -0.497. The molecule has 0 aliphatic heterocycles. The summed E-state index contributed by atoms with van der Waals surface area (Å²) in [4.78, 5) is 24.6. The summed E-state index contributed by atoms with van der Waals surface area (Å²) < 4.78 is 7.03. The predicted octanol–water partition coefficient (Wildman–Crippen LogP) is 5.78. The zero-order chi connectivity index (χ0) is 24.1. The van der Waals surface area contributed by atoms with Crippen LogP contribution in [0.1, 0.15) is 39.8 Å². The SMILES string of the molecule is CCOC(=O)c1ccc(-n2c(C)cc(C=C(C#N)C(=O)Nc3ccc(Cl)c(C)c3)c2C)cc1. The zero-order valence-electron chi connectivity index (χ0n) is 18.9. The van der Waals surface area contributed by atoms with E-state index >= 15 is 0 Å². The lowest BCUT2D eigenvalue weighted by atomic mass is 10.1. The first-order valence-electron chi connectivity index (χ1n) is 10.4. The van der Waals surface area contributed by atoms with Gasteiger partial charge < -0.3 is 14.6 Å². The topological polar surface area (TPSA) is 84.1 Å². The zero-order valence-corrected chi connectivity index (χ0v) is 19.7. The molecule has 1 aromatic heterocycles. The van der Waals surface area contributed by atoms with Gasteiger partial charge in [-0.05, 0) is 93.4 Å². The first kappa shape index (κ1) is 23.8. The maximum Gasteiger partial charge on any atom is 0.338 e. The molecule has 0 aliphatic carbocycles. The number of benzene rings is 2. The number of carbonyl (C=O) groups excluding carboxylic acids is 2. The Balaban J connectivity index is 1.88. The number of nitrogens with zero attached hydrogens (tertiary/aromatic N) is 2. The number of nitriles is 1. The number of hydrogen-bond acceptors (Lipinski definition) is 4. The molecule has 0 saturated heterocycles. The fourth-order valence-electron chi connectivity index (χ4n) is 3.52. The smallest absolute Gasteiger partial charge is 0.338 e. The first-order chi connectivity index (χ1) is 15.7. The predicted molar refractivity (Wildman–Crippen MR) is 130 cm³/mol. The van der Waals surface area contributed by atoms with Crippen LogP contribution in [-0.2, 0) is 9.53 Å². The second-order valence-corrected chi connectivity index (χ2v) is 7.92. The molecule has 168 valence electrons. The van der Waals surface area contributed by atoms with Crippen LogP contribution in [-0.4, -0.2) is 23.1 Å². The number of amides is 1. The van der Waals surface area contributed by atoms with Crippen LogP contribution in [0.4, 0.5) is 5.69 Å². The fourth-order valence-corrected chi connectivity index (χ4v) is 3.63. The van der Waals surface area contributed by atoms with Gasteiger partial charge in [-0.2, -0.15) is 5.26 Å². The largest absolute Gasteiger partial charge is 0.462 e. The monoisotopic (exact) mass is 461 g/mol. The van der Waals surface area contributed by atoms with Gasteiger partial charge in [0.2, 0.25) is 0 Å². The van der Waals surface area contributed by atoms with Crippen molar-refractivity contribution in [2.45, 2.75) is 27.7 Å². The molecule has 0 bridgehead atoms. The lowest BCUT2D eigenvalue weighted by Gasteiger charge is -2.10. The number of rotatable bonds is 6. The maximum absolute atomic E-state index is 12.7. The molecular weight excluding hydrogens is 438 g/mol. The van der Waals surface area contributed by atoms with E-state index in [1.54, 1.807) is 43.3 Å². The highest BCUT2D eigenvalue weighted by Crippen LogP contribution is 2.24. The van der Waals surface area contributed by atoms with Crippen molar-refractivity contribution in [3.8, 4) is 11.8 Å². The highest BCUT2D eigenvalue weighted by Gasteiger charge is 2.15. The third-order valence-corrected chi connectivity index (χ3v) is 5.61. The fraction of sp³-hybridized carbons (Fsp3) is 0.192. The quantitative estimate of drug-likeness (QED) is 0.286. The van der Waals surface area contributed by atoms with Crippen LogP contribution in [0.5, 0.6) is 0 Å². The number of esters is 1. The second-order valence-electron chi connectivity index (χ2n) is 7.52. The Morgan fingerprint density at radius 1 is 1.12 bits per heavy atom. The Bertz CT molecular complexity index is 1280. The Morgan fingerprint density at radius 2 is 1.82 bits per heavy atom.